The van der Waals surface area contributed by atoms with Crippen molar-refractivity contribution in [1.29, 1.82) is 0 Å². The molecule has 3 aromatic rings. The normalized spacial score (nSPS) is 10.8. The number of H-pyrrole nitrogens is 1. The number of nitrogens with zero attached hydrogens (tertiary/aromatic N) is 3. The van der Waals surface area contributed by atoms with Crippen LogP contribution in [0.3, 0.4) is 0 Å². The molecule has 0 saturated heterocycles. The van der Waals surface area contributed by atoms with E-state index in [2.05, 4.69) is 22.2 Å². The Morgan fingerprint density at radius 3 is 2.95 bits per heavy atom. The van der Waals surface area contributed by atoms with Crippen LogP contribution in [0.25, 0.3) is 5.65 Å². The van der Waals surface area contributed by atoms with Crippen LogP contribution in [0, 0.1) is 0 Å². The van der Waals surface area contributed by atoms with Crippen molar-refractivity contribution < 1.29 is 4.74 Å². The summed E-state index contributed by atoms with van der Waals surface area (Å²) >= 11 is 0. The van der Waals surface area contributed by atoms with Gasteiger partial charge in [0.25, 0.3) is 0 Å². The number of hydrogen-bond donors (Lipinski definition) is 2. The van der Waals surface area contributed by atoms with Crippen molar-refractivity contribution in [2.75, 3.05) is 5.73 Å². The molecule has 7 nitrogen and oxygen atoms in total. The van der Waals surface area contributed by atoms with Crippen molar-refractivity contribution in [2.24, 2.45) is 0 Å². The quantitative estimate of drug-likeness (QED) is 0.701. The summed E-state index contributed by atoms with van der Waals surface area (Å²) in [6.45, 7) is 2.05. The molecule has 0 amide bonds. The third-order valence-electron chi connectivity index (χ3n) is 2.95. The Bertz CT molecular complexity index is 821. The Morgan fingerprint density at radius 1 is 1.35 bits per heavy atom. The molecule has 20 heavy (non-hydrogen) atoms. The van der Waals surface area contributed by atoms with Crippen molar-refractivity contribution in [3.8, 4) is 11.6 Å². The monoisotopic (exact) mass is 271 g/mol. The number of rotatable bonds is 3. The van der Waals surface area contributed by atoms with Crippen LogP contribution in [0.4, 0.5) is 5.69 Å². The molecule has 3 rings (SSSR count). The maximum Gasteiger partial charge on any atom is 0.364 e. The molecule has 0 aliphatic carbocycles. The lowest BCUT2D eigenvalue weighted by atomic mass is 10.1. The van der Waals surface area contributed by atoms with Gasteiger partial charge in [0.05, 0.1) is 5.69 Å². The van der Waals surface area contributed by atoms with Crippen LogP contribution in [0.15, 0.2) is 35.1 Å². The zero-order valence-corrected chi connectivity index (χ0v) is 10.8. The smallest absolute Gasteiger partial charge is 0.364 e. The van der Waals surface area contributed by atoms with Crippen molar-refractivity contribution >= 4 is 11.3 Å². The third-order valence-corrected chi connectivity index (χ3v) is 2.95. The van der Waals surface area contributed by atoms with Gasteiger partial charge in [-0.05, 0) is 30.2 Å². The number of nitrogens with one attached hydrogen (secondary N) is 1. The molecule has 1 aromatic carbocycles. The number of aryl methyl sites for hydroxylation is 1. The molecule has 0 fully saturated rings. The molecule has 0 atom stereocenters. The molecule has 2 heterocycles. The van der Waals surface area contributed by atoms with Gasteiger partial charge in [-0.25, -0.2) is 9.89 Å². The second-order valence-electron chi connectivity index (χ2n) is 4.30. The molecule has 0 bridgehead atoms. The average molecular weight is 271 g/mol. The van der Waals surface area contributed by atoms with Crippen LogP contribution < -0.4 is 16.2 Å². The molecule has 0 spiro atoms. The molecule has 7 heteroatoms. The van der Waals surface area contributed by atoms with Gasteiger partial charge in [-0.2, -0.15) is 9.61 Å². The first kappa shape index (κ1) is 12.2. The summed E-state index contributed by atoms with van der Waals surface area (Å²) < 4.78 is 6.73. The van der Waals surface area contributed by atoms with Gasteiger partial charge in [-0.1, -0.05) is 13.0 Å². The van der Waals surface area contributed by atoms with Gasteiger partial charge in [0.2, 0.25) is 5.88 Å². The lowest BCUT2D eigenvalue weighted by molar-refractivity contribution is 0.453. The second-order valence-corrected chi connectivity index (χ2v) is 4.30. The average Bonchev–Trinajstić information content (AvgIpc) is 2.82. The van der Waals surface area contributed by atoms with Gasteiger partial charge in [-0.15, -0.1) is 5.10 Å². The Hall–Kier alpha value is -2.83. The highest BCUT2D eigenvalue weighted by molar-refractivity contribution is 5.55. The summed E-state index contributed by atoms with van der Waals surface area (Å²) in [6.07, 6.45) is 0.902. The van der Waals surface area contributed by atoms with Gasteiger partial charge in [0, 0.05) is 6.07 Å². The van der Waals surface area contributed by atoms with E-state index in [-0.39, 0.29) is 5.88 Å². The molecule has 0 unspecified atom stereocenters. The summed E-state index contributed by atoms with van der Waals surface area (Å²) in [5.41, 5.74) is 7.60. The summed E-state index contributed by atoms with van der Waals surface area (Å²) in [7, 11) is 0. The predicted octanol–water partition coefficient (Wildman–Crippen LogP) is 1.35. The zero-order chi connectivity index (χ0) is 14.1. The third kappa shape index (κ3) is 2.09. The summed E-state index contributed by atoms with van der Waals surface area (Å²) in [5.74, 6) is 0.780. The van der Waals surface area contributed by atoms with Crippen molar-refractivity contribution in [3.05, 3.63) is 46.4 Å². The van der Waals surface area contributed by atoms with Crippen LogP contribution in [0.5, 0.6) is 11.6 Å². The highest BCUT2D eigenvalue weighted by atomic mass is 16.5. The molecule has 0 saturated carbocycles. The second kappa shape index (κ2) is 4.69. The Balaban J connectivity index is 1.96. The molecular weight excluding hydrogens is 258 g/mol. The maximum absolute atomic E-state index is 11.4. The van der Waals surface area contributed by atoms with Gasteiger partial charge in [-0.3, -0.25) is 0 Å². The van der Waals surface area contributed by atoms with E-state index in [0.29, 0.717) is 17.1 Å². The standard InChI is InChI=1S/C13H13N5O2/c1-2-8-3-4-10(9(14)7-8)20-12-6-5-11-15-16-13(19)18(11)17-12/h3-7H,2,14H2,1H3,(H,16,19). The first-order chi connectivity index (χ1) is 9.67. The molecule has 2 aromatic heterocycles. The van der Waals surface area contributed by atoms with Gasteiger partial charge in [0.15, 0.2) is 11.4 Å². The summed E-state index contributed by atoms with van der Waals surface area (Å²) in [4.78, 5) is 11.4. The maximum atomic E-state index is 11.4. The topological polar surface area (TPSA) is 98.3 Å². The fraction of sp³-hybridized carbons (Fsp3) is 0.154. The van der Waals surface area contributed by atoms with Crippen molar-refractivity contribution in [2.45, 2.75) is 13.3 Å². The van der Waals surface area contributed by atoms with Crippen LogP contribution in [0.1, 0.15) is 12.5 Å². The molecular formula is C13H13N5O2. The molecule has 0 aliphatic rings. The van der Waals surface area contributed by atoms with Crippen LogP contribution in [-0.4, -0.2) is 19.8 Å². The van der Waals surface area contributed by atoms with E-state index in [9.17, 15) is 4.79 Å². The van der Waals surface area contributed by atoms with E-state index >= 15 is 0 Å². The van der Waals surface area contributed by atoms with Crippen LogP contribution in [-0.2, 0) is 6.42 Å². The van der Waals surface area contributed by atoms with E-state index in [4.69, 9.17) is 10.5 Å². The molecule has 0 aliphatic heterocycles. The Morgan fingerprint density at radius 2 is 2.20 bits per heavy atom. The lowest BCUT2D eigenvalue weighted by Crippen LogP contribution is -2.12. The Labute approximate surface area is 114 Å². The number of aromatic amines is 1. The first-order valence-corrected chi connectivity index (χ1v) is 6.18. The number of benzene rings is 1. The summed E-state index contributed by atoms with van der Waals surface area (Å²) in [6, 6.07) is 8.85. The van der Waals surface area contributed by atoms with Crippen LogP contribution in [0.2, 0.25) is 0 Å². The predicted molar refractivity (Wildman–Crippen MR) is 73.9 cm³/mol. The fourth-order valence-electron chi connectivity index (χ4n) is 1.86. The first-order valence-electron chi connectivity index (χ1n) is 6.18. The zero-order valence-electron chi connectivity index (χ0n) is 10.8. The number of aromatic nitrogens is 4. The number of fused-ring (bicyclic) bond motifs is 1. The van der Waals surface area contributed by atoms with Gasteiger partial charge >= 0.3 is 5.69 Å². The lowest BCUT2D eigenvalue weighted by Gasteiger charge is -2.08. The highest BCUT2D eigenvalue weighted by Crippen LogP contribution is 2.27. The highest BCUT2D eigenvalue weighted by Gasteiger charge is 2.07. The number of nitrogen functional groups attached to an aromatic ring is 1. The fourth-order valence-corrected chi connectivity index (χ4v) is 1.86. The Kier molecular flexibility index (Phi) is 2.86. The van der Waals surface area contributed by atoms with Crippen molar-refractivity contribution in [3.63, 3.8) is 0 Å². The number of hydrogen-bond acceptors (Lipinski definition) is 5. The largest absolute Gasteiger partial charge is 0.435 e. The summed E-state index contributed by atoms with van der Waals surface area (Å²) in [5, 5.41) is 10.1. The van der Waals surface area contributed by atoms with E-state index in [1.807, 2.05) is 12.1 Å². The van der Waals surface area contributed by atoms with Gasteiger partial charge in [0.1, 0.15) is 0 Å². The minimum Gasteiger partial charge on any atom is -0.435 e. The molecule has 102 valence electrons. The van der Waals surface area contributed by atoms with Gasteiger partial charge < -0.3 is 10.5 Å². The van der Waals surface area contributed by atoms with E-state index in [1.54, 1.807) is 18.2 Å². The van der Waals surface area contributed by atoms with E-state index in [0.717, 1.165) is 16.5 Å². The van der Waals surface area contributed by atoms with E-state index in [1.165, 1.54) is 0 Å². The number of nitrogens with two attached hydrogens (primary N) is 1. The SMILES string of the molecule is CCc1ccc(Oc2ccc3n[nH]c(=O)n3n2)c(N)c1. The van der Waals surface area contributed by atoms with Crippen LogP contribution >= 0.6 is 0 Å². The molecule has 3 N–H and O–H groups in total. The van der Waals surface area contributed by atoms with E-state index < -0.39 is 5.69 Å². The molecule has 0 radical (unpaired) electrons. The number of ether oxygens (including phenoxy) is 1. The minimum absolute atomic E-state index is 0.275. The van der Waals surface area contributed by atoms with Crippen molar-refractivity contribution in [1.82, 2.24) is 19.8 Å². The number of anilines is 1. The minimum atomic E-state index is -0.417.